The predicted octanol–water partition coefficient (Wildman–Crippen LogP) is 3.72. The SMILES string of the molecule is Br.COC(=O)COc1ccc(CC(C)NCC(O)c2cccc(Cl)c2)cc1. The maximum Gasteiger partial charge on any atom is 0.343 e. The molecule has 2 rings (SSSR count). The standard InChI is InChI=1S/C20H24ClNO4.BrH/c1-14(22-12-19(23)16-4-3-5-17(21)11-16)10-15-6-8-18(9-7-15)26-13-20(24)25-2;/h3-9,11,14,19,22-23H,10,12-13H2,1-2H3;1H. The number of methoxy groups -OCH3 is 1. The zero-order valence-corrected chi connectivity index (χ0v) is 17.8. The zero-order valence-electron chi connectivity index (χ0n) is 15.4. The van der Waals surface area contributed by atoms with Gasteiger partial charge >= 0.3 is 5.97 Å². The molecule has 2 aromatic carbocycles. The molecule has 0 amide bonds. The van der Waals surface area contributed by atoms with Crippen LogP contribution in [0, 0.1) is 0 Å². The van der Waals surface area contributed by atoms with Crippen LogP contribution < -0.4 is 10.1 Å². The van der Waals surface area contributed by atoms with E-state index in [2.05, 4.69) is 17.0 Å². The molecule has 148 valence electrons. The van der Waals surface area contributed by atoms with Crippen molar-refractivity contribution >= 4 is 34.6 Å². The van der Waals surface area contributed by atoms with Gasteiger partial charge in [0, 0.05) is 17.6 Å². The molecule has 0 bridgehead atoms. The van der Waals surface area contributed by atoms with Crippen molar-refractivity contribution in [2.24, 2.45) is 0 Å². The van der Waals surface area contributed by atoms with Crippen molar-refractivity contribution in [1.82, 2.24) is 5.32 Å². The topological polar surface area (TPSA) is 67.8 Å². The lowest BCUT2D eigenvalue weighted by atomic mass is 10.1. The van der Waals surface area contributed by atoms with E-state index in [1.54, 1.807) is 12.1 Å². The van der Waals surface area contributed by atoms with Crippen molar-refractivity contribution in [2.45, 2.75) is 25.5 Å². The lowest BCUT2D eigenvalue weighted by Crippen LogP contribution is -2.32. The first kappa shape index (κ1) is 23.4. The summed E-state index contributed by atoms with van der Waals surface area (Å²) in [6, 6.07) is 15.0. The molecule has 0 radical (unpaired) electrons. The van der Waals surface area contributed by atoms with Gasteiger partial charge in [-0.15, -0.1) is 17.0 Å². The van der Waals surface area contributed by atoms with E-state index >= 15 is 0 Å². The molecule has 0 saturated carbocycles. The van der Waals surface area contributed by atoms with Crippen LogP contribution in [-0.4, -0.2) is 37.4 Å². The van der Waals surface area contributed by atoms with E-state index in [0.29, 0.717) is 17.3 Å². The van der Waals surface area contributed by atoms with E-state index in [-0.39, 0.29) is 29.6 Å². The molecule has 0 aliphatic heterocycles. The monoisotopic (exact) mass is 457 g/mol. The highest BCUT2D eigenvalue weighted by Crippen LogP contribution is 2.18. The maximum atomic E-state index is 11.1. The summed E-state index contributed by atoms with van der Waals surface area (Å²) < 4.78 is 9.86. The second kappa shape index (κ2) is 12.0. The molecule has 0 saturated heterocycles. The quantitative estimate of drug-likeness (QED) is 0.561. The Morgan fingerprint density at radius 1 is 1.22 bits per heavy atom. The number of carbonyl (C=O) groups is 1. The summed E-state index contributed by atoms with van der Waals surface area (Å²) in [5.41, 5.74) is 1.93. The summed E-state index contributed by atoms with van der Waals surface area (Å²) in [5.74, 6) is 0.210. The maximum absolute atomic E-state index is 11.1. The van der Waals surface area contributed by atoms with E-state index in [1.807, 2.05) is 36.4 Å². The average molecular weight is 459 g/mol. The second-order valence-corrected chi connectivity index (χ2v) is 6.53. The Hall–Kier alpha value is -1.60. The number of benzene rings is 2. The van der Waals surface area contributed by atoms with Gasteiger partial charge in [0.25, 0.3) is 0 Å². The molecule has 2 N–H and O–H groups in total. The van der Waals surface area contributed by atoms with E-state index in [9.17, 15) is 9.90 Å². The first-order chi connectivity index (χ1) is 12.5. The van der Waals surface area contributed by atoms with Gasteiger partial charge in [-0.25, -0.2) is 4.79 Å². The van der Waals surface area contributed by atoms with Crippen molar-refractivity contribution in [3.8, 4) is 5.75 Å². The van der Waals surface area contributed by atoms with Gasteiger partial charge in [0.05, 0.1) is 13.2 Å². The first-order valence-corrected chi connectivity index (χ1v) is 8.81. The highest BCUT2D eigenvalue weighted by atomic mass is 79.9. The van der Waals surface area contributed by atoms with Crippen molar-refractivity contribution in [3.05, 3.63) is 64.7 Å². The number of hydrogen-bond acceptors (Lipinski definition) is 5. The molecule has 0 aromatic heterocycles. The molecule has 0 fully saturated rings. The third kappa shape index (κ3) is 8.30. The minimum atomic E-state index is -0.606. The number of rotatable bonds is 9. The number of aliphatic hydroxyl groups excluding tert-OH is 1. The highest BCUT2D eigenvalue weighted by molar-refractivity contribution is 8.93. The predicted molar refractivity (Wildman–Crippen MR) is 112 cm³/mol. The molecule has 2 aromatic rings. The van der Waals surface area contributed by atoms with Crippen LogP contribution in [0.4, 0.5) is 0 Å². The van der Waals surface area contributed by atoms with Gasteiger partial charge in [0.1, 0.15) is 5.75 Å². The van der Waals surface area contributed by atoms with Crippen molar-refractivity contribution in [1.29, 1.82) is 0 Å². The summed E-state index contributed by atoms with van der Waals surface area (Å²) in [6.45, 7) is 2.41. The van der Waals surface area contributed by atoms with E-state index in [1.165, 1.54) is 7.11 Å². The molecule has 7 heteroatoms. The van der Waals surface area contributed by atoms with Crippen LogP contribution in [0.15, 0.2) is 48.5 Å². The third-order valence-electron chi connectivity index (χ3n) is 3.94. The molecule has 2 atom stereocenters. The van der Waals surface area contributed by atoms with Gasteiger partial charge in [0.15, 0.2) is 6.61 Å². The lowest BCUT2D eigenvalue weighted by Gasteiger charge is -2.18. The van der Waals surface area contributed by atoms with E-state index in [0.717, 1.165) is 17.5 Å². The molecular weight excluding hydrogens is 434 g/mol. The number of aliphatic hydroxyl groups is 1. The largest absolute Gasteiger partial charge is 0.482 e. The summed E-state index contributed by atoms with van der Waals surface area (Å²) >= 11 is 5.95. The smallest absolute Gasteiger partial charge is 0.343 e. The van der Waals surface area contributed by atoms with Gasteiger partial charge in [-0.05, 0) is 48.7 Å². The number of ether oxygens (including phenoxy) is 2. The molecule has 0 spiro atoms. The Balaban J connectivity index is 0.00000364. The summed E-state index contributed by atoms with van der Waals surface area (Å²) in [6.07, 6.45) is 0.199. The fraction of sp³-hybridized carbons (Fsp3) is 0.350. The molecule has 5 nitrogen and oxygen atoms in total. The Morgan fingerprint density at radius 3 is 2.56 bits per heavy atom. The Morgan fingerprint density at radius 2 is 1.93 bits per heavy atom. The van der Waals surface area contributed by atoms with Crippen LogP contribution in [-0.2, 0) is 16.0 Å². The highest BCUT2D eigenvalue weighted by Gasteiger charge is 2.10. The van der Waals surface area contributed by atoms with Crippen LogP contribution in [0.25, 0.3) is 0 Å². The molecule has 2 unspecified atom stereocenters. The minimum Gasteiger partial charge on any atom is -0.482 e. The lowest BCUT2D eigenvalue weighted by molar-refractivity contribution is -0.142. The van der Waals surface area contributed by atoms with E-state index < -0.39 is 12.1 Å². The van der Waals surface area contributed by atoms with Crippen LogP contribution >= 0.6 is 28.6 Å². The molecule has 0 aliphatic rings. The third-order valence-corrected chi connectivity index (χ3v) is 4.18. The summed E-state index contributed by atoms with van der Waals surface area (Å²) in [4.78, 5) is 11.1. The van der Waals surface area contributed by atoms with Gasteiger partial charge in [-0.1, -0.05) is 35.9 Å². The Labute approximate surface area is 175 Å². The first-order valence-electron chi connectivity index (χ1n) is 8.43. The van der Waals surface area contributed by atoms with Crippen LogP contribution in [0.2, 0.25) is 5.02 Å². The van der Waals surface area contributed by atoms with Gasteiger partial charge < -0.3 is 19.9 Å². The van der Waals surface area contributed by atoms with Gasteiger partial charge in [-0.2, -0.15) is 0 Å². The van der Waals surface area contributed by atoms with Gasteiger partial charge in [0.2, 0.25) is 0 Å². The van der Waals surface area contributed by atoms with Crippen LogP contribution in [0.3, 0.4) is 0 Å². The van der Waals surface area contributed by atoms with Crippen molar-refractivity contribution in [3.63, 3.8) is 0 Å². The average Bonchev–Trinajstić information content (AvgIpc) is 2.65. The normalized spacial score (nSPS) is 12.6. The van der Waals surface area contributed by atoms with Crippen LogP contribution in [0.5, 0.6) is 5.75 Å². The van der Waals surface area contributed by atoms with Crippen LogP contribution in [0.1, 0.15) is 24.2 Å². The number of carbonyl (C=O) groups excluding carboxylic acids is 1. The molecule has 0 aliphatic carbocycles. The summed E-state index contributed by atoms with van der Waals surface area (Å²) in [7, 11) is 1.33. The number of esters is 1. The minimum absolute atomic E-state index is 0. The summed E-state index contributed by atoms with van der Waals surface area (Å²) in [5, 5.41) is 14.2. The number of halogens is 2. The Bertz CT molecular complexity index is 711. The van der Waals surface area contributed by atoms with E-state index in [4.69, 9.17) is 16.3 Å². The van der Waals surface area contributed by atoms with Crippen molar-refractivity contribution < 1.29 is 19.4 Å². The molecule has 27 heavy (non-hydrogen) atoms. The molecule has 0 heterocycles. The second-order valence-electron chi connectivity index (χ2n) is 6.09. The number of hydrogen-bond donors (Lipinski definition) is 2. The fourth-order valence-electron chi connectivity index (χ4n) is 2.49. The van der Waals surface area contributed by atoms with Crippen molar-refractivity contribution in [2.75, 3.05) is 20.3 Å². The van der Waals surface area contributed by atoms with Gasteiger partial charge in [-0.3, -0.25) is 0 Å². The fourth-order valence-corrected chi connectivity index (χ4v) is 2.69. The zero-order chi connectivity index (χ0) is 18.9. The molecular formula is C20H25BrClNO4. The Kier molecular flexibility index (Phi) is 10.4. The number of nitrogens with one attached hydrogen (secondary N) is 1.